The summed E-state index contributed by atoms with van der Waals surface area (Å²) in [6.07, 6.45) is 5.06. The molecule has 0 bridgehead atoms. The first kappa shape index (κ1) is 19.4. The maximum Gasteiger partial charge on any atom is 0.253 e. The molecule has 2 aliphatic carbocycles. The van der Waals surface area contributed by atoms with Crippen molar-refractivity contribution < 1.29 is 14.3 Å². The van der Waals surface area contributed by atoms with Crippen LogP contribution in [0.4, 0.5) is 11.4 Å². The number of carbonyl (C=O) groups excluding carboxylic acids is 2. The molecule has 152 valence electrons. The lowest BCUT2D eigenvalue weighted by molar-refractivity contribution is -0.125. The fourth-order valence-electron chi connectivity index (χ4n) is 3.76. The van der Waals surface area contributed by atoms with Crippen LogP contribution in [0.2, 0.25) is 0 Å². The third kappa shape index (κ3) is 4.90. The Labute approximate surface area is 166 Å². The Morgan fingerprint density at radius 3 is 2.36 bits per heavy atom. The van der Waals surface area contributed by atoms with Crippen LogP contribution in [0.25, 0.3) is 0 Å². The van der Waals surface area contributed by atoms with E-state index >= 15 is 0 Å². The standard InChI is InChI=1S/C21H30N4O3/c22-11-19(24(12-15-1-2-15)13-16-3-4-16)21(27)23-17-5-7-18(8-6-17)25-9-10-28-14-20(25)26/h5-8,15-16,19H,1-4,9-14,22H2,(H,23,27)/t19-/m0/s1. The van der Waals surface area contributed by atoms with Crippen molar-refractivity contribution in [1.29, 1.82) is 0 Å². The summed E-state index contributed by atoms with van der Waals surface area (Å²) >= 11 is 0. The van der Waals surface area contributed by atoms with Gasteiger partial charge in [-0.05, 0) is 61.8 Å². The van der Waals surface area contributed by atoms with Crippen LogP contribution in [0.15, 0.2) is 24.3 Å². The van der Waals surface area contributed by atoms with Gasteiger partial charge in [0.2, 0.25) is 5.91 Å². The van der Waals surface area contributed by atoms with Gasteiger partial charge in [0.05, 0.1) is 6.61 Å². The summed E-state index contributed by atoms with van der Waals surface area (Å²) in [7, 11) is 0. The van der Waals surface area contributed by atoms with Crippen molar-refractivity contribution in [3.05, 3.63) is 24.3 Å². The van der Waals surface area contributed by atoms with Crippen molar-refractivity contribution >= 4 is 23.2 Å². The average molecular weight is 386 g/mol. The first-order valence-electron chi connectivity index (χ1n) is 10.4. The molecule has 0 spiro atoms. The fourth-order valence-corrected chi connectivity index (χ4v) is 3.76. The largest absolute Gasteiger partial charge is 0.370 e. The van der Waals surface area contributed by atoms with Crippen LogP contribution in [0, 0.1) is 11.8 Å². The van der Waals surface area contributed by atoms with Gasteiger partial charge in [0, 0.05) is 37.6 Å². The fraction of sp³-hybridized carbons (Fsp3) is 0.619. The topological polar surface area (TPSA) is 87.9 Å². The minimum atomic E-state index is -0.290. The smallest absolute Gasteiger partial charge is 0.253 e. The number of hydrogen-bond donors (Lipinski definition) is 2. The van der Waals surface area contributed by atoms with E-state index in [0.717, 1.165) is 36.3 Å². The predicted octanol–water partition coefficient (Wildman–Crippen LogP) is 1.44. The summed E-state index contributed by atoms with van der Waals surface area (Å²) in [6, 6.07) is 7.12. The molecule has 3 N–H and O–H groups in total. The summed E-state index contributed by atoms with van der Waals surface area (Å²) in [5.41, 5.74) is 7.55. The Kier molecular flexibility index (Phi) is 5.94. The van der Waals surface area contributed by atoms with Crippen LogP contribution in [0.1, 0.15) is 25.7 Å². The van der Waals surface area contributed by atoms with Gasteiger partial charge in [-0.1, -0.05) is 0 Å². The summed E-state index contributed by atoms with van der Waals surface area (Å²) < 4.78 is 5.17. The maximum atomic E-state index is 12.9. The monoisotopic (exact) mass is 386 g/mol. The van der Waals surface area contributed by atoms with E-state index in [9.17, 15) is 9.59 Å². The molecule has 1 aromatic rings. The Morgan fingerprint density at radius 1 is 1.18 bits per heavy atom. The molecule has 2 amide bonds. The Hall–Kier alpha value is -1.96. The third-order valence-corrected chi connectivity index (χ3v) is 5.78. The third-order valence-electron chi connectivity index (χ3n) is 5.78. The predicted molar refractivity (Wildman–Crippen MR) is 108 cm³/mol. The van der Waals surface area contributed by atoms with Crippen molar-refractivity contribution in [3.8, 4) is 0 Å². The van der Waals surface area contributed by atoms with Crippen LogP contribution in [-0.2, 0) is 14.3 Å². The number of nitrogens with two attached hydrogens (primary N) is 1. The van der Waals surface area contributed by atoms with E-state index in [1.807, 2.05) is 24.3 Å². The molecule has 7 nitrogen and oxygen atoms in total. The van der Waals surface area contributed by atoms with Crippen molar-refractivity contribution in [3.63, 3.8) is 0 Å². The number of morpholine rings is 1. The van der Waals surface area contributed by atoms with Gasteiger partial charge in [-0.2, -0.15) is 0 Å². The summed E-state index contributed by atoms with van der Waals surface area (Å²) in [4.78, 5) is 28.9. The van der Waals surface area contributed by atoms with Crippen molar-refractivity contribution in [2.75, 3.05) is 49.6 Å². The van der Waals surface area contributed by atoms with E-state index in [0.29, 0.717) is 19.7 Å². The number of anilines is 2. The van der Waals surface area contributed by atoms with Crippen molar-refractivity contribution in [2.45, 2.75) is 31.7 Å². The molecule has 0 unspecified atom stereocenters. The van der Waals surface area contributed by atoms with E-state index in [1.165, 1.54) is 25.7 Å². The molecule has 1 heterocycles. The second-order valence-electron chi connectivity index (χ2n) is 8.23. The summed E-state index contributed by atoms with van der Waals surface area (Å²) in [5, 5.41) is 3.01. The second kappa shape index (κ2) is 8.59. The number of benzene rings is 1. The molecular weight excluding hydrogens is 356 g/mol. The zero-order valence-electron chi connectivity index (χ0n) is 16.3. The summed E-state index contributed by atoms with van der Waals surface area (Å²) in [5.74, 6) is 1.37. The molecule has 1 atom stereocenters. The van der Waals surface area contributed by atoms with E-state index in [1.54, 1.807) is 4.90 Å². The maximum absolute atomic E-state index is 12.9. The molecule has 2 saturated carbocycles. The van der Waals surface area contributed by atoms with Crippen LogP contribution in [-0.4, -0.2) is 62.1 Å². The van der Waals surface area contributed by atoms with Crippen molar-refractivity contribution in [2.24, 2.45) is 17.6 Å². The van der Waals surface area contributed by atoms with E-state index < -0.39 is 0 Å². The molecule has 7 heteroatoms. The lowest BCUT2D eigenvalue weighted by Crippen LogP contribution is -2.50. The molecule has 3 fully saturated rings. The second-order valence-corrected chi connectivity index (χ2v) is 8.23. The SMILES string of the molecule is NC[C@@H](C(=O)Nc1ccc(N2CCOCC2=O)cc1)N(CC1CC1)CC1CC1. The highest BCUT2D eigenvalue weighted by Gasteiger charge is 2.34. The van der Waals surface area contributed by atoms with Crippen LogP contribution in [0.3, 0.4) is 0 Å². The van der Waals surface area contributed by atoms with Gasteiger partial charge < -0.3 is 20.7 Å². The molecule has 1 aromatic carbocycles. The lowest BCUT2D eigenvalue weighted by atomic mass is 10.1. The lowest BCUT2D eigenvalue weighted by Gasteiger charge is -2.30. The molecular formula is C21H30N4O3. The summed E-state index contributed by atoms with van der Waals surface area (Å²) in [6.45, 7) is 3.49. The first-order chi connectivity index (χ1) is 13.6. The van der Waals surface area contributed by atoms with Crippen molar-refractivity contribution in [1.82, 2.24) is 4.90 Å². The minimum absolute atomic E-state index is 0.0398. The molecule has 4 rings (SSSR count). The normalized spacial score (nSPS) is 21.1. The minimum Gasteiger partial charge on any atom is -0.370 e. The van der Waals surface area contributed by atoms with Gasteiger partial charge in [-0.3, -0.25) is 14.5 Å². The Balaban J connectivity index is 1.38. The van der Waals surface area contributed by atoms with Gasteiger partial charge in [0.1, 0.15) is 12.6 Å². The van der Waals surface area contributed by atoms with Crippen LogP contribution in [0.5, 0.6) is 0 Å². The Bertz CT molecular complexity index is 686. The molecule has 28 heavy (non-hydrogen) atoms. The van der Waals surface area contributed by atoms with Gasteiger partial charge in [-0.25, -0.2) is 0 Å². The van der Waals surface area contributed by atoms with Gasteiger partial charge in [0.15, 0.2) is 0 Å². The number of nitrogens with zero attached hydrogens (tertiary/aromatic N) is 2. The number of hydrogen-bond acceptors (Lipinski definition) is 5. The molecule has 0 aromatic heterocycles. The Morgan fingerprint density at radius 2 is 1.82 bits per heavy atom. The van der Waals surface area contributed by atoms with E-state index in [4.69, 9.17) is 10.5 Å². The van der Waals surface area contributed by atoms with Crippen LogP contribution < -0.4 is 16.0 Å². The van der Waals surface area contributed by atoms with Gasteiger partial charge in [-0.15, -0.1) is 0 Å². The highest BCUT2D eigenvalue weighted by Crippen LogP contribution is 2.34. The zero-order valence-corrected chi connectivity index (χ0v) is 16.3. The zero-order chi connectivity index (χ0) is 19.5. The van der Waals surface area contributed by atoms with Gasteiger partial charge >= 0.3 is 0 Å². The van der Waals surface area contributed by atoms with Crippen LogP contribution >= 0.6 is 0 Å². The van der Waals surface area contributed by atoms with Gasteiger partial charge in [0.25, 0.3) is 5.91 Å². The number of ether oxygens (including phenoxy) is 1. The quantitative estimate of drug-likeness (QED) is 0.670. The first-order valence-corrected chi connectivity index (χ1v) is 10.4. The highest BCUT2D eigenvalue weighted by atomic mass is 16.5. The number of nitrogens with one attached hydrogen (secondary N) is 1. The van der Waals surface area contributed by atoms with E-state index in [2.05, 4.69) is 10.2 Å². The molecule has 1 aliphatic heterocycles. The number of carbonyl (C=O) groups is 2. The molecule has 1 saturated heterocycles. The van der Waals surface area contributed by atoms with E-state index in [-0.39, 0.29) is 24.5 Å². The molecule has 3 aliphatic rings. The number of amides is 2. The highest BCUT2D eigenvalue weighted by molar-refractivity contribution is 5.97. The number of rotatable bonds is 9. The average Bonchev–Trinajstić information content (AvgIpc) is 3.60. The molecule has 0 radical (unpaired) electrons.